The number of aliphatic hydroxyl groups is 1. The predicted octanol–water partition coefficient (Wildman–Crippen LogP) is 2.00. The Morgan fingerprint density at radius 3 is 3.08 bits per heavy atom. The van der Waals surface area contributed by atoms with Crippen molar-refractivity contribution in [3.05, 3.63) is 29.0 Å². The third-order valence-electron chi connectivity index (χ3n) is 1.67. The van der Waals surface area contributed by atoms with Crippen molar-refractivity contribution in [2.24, 2.45) is 0 Å². The Hall–Kier alpha value is -0.250. The fraction of sp³-hybridized carbons (Fsp3) is 0.444. The van der Waals surface area contributed by atoms with E-state index in [0.29, 0.717) is 11.4 Å². The van der Waals surface area contributed by atoms with Crippen molar-refractivity contribution in [1.82, 2.24) is 4.98 Å². The number of hydrogen-bond donors (Lipinski definition) is 1. The highest BCUT2D eigenvalue weighted by Crippen LogP contribution is 2.16. The molecule has 1 aromatic heterocycles. The zero-order chi connectivity index (χ0) is 9.68. The molecule has 0 fully saturated rings. The van der Waals surface area contributed by atoms with Crippen LogP contribution >= 0.6 is 23.4 Å². The number of aromatic nitrogens is 1. The Kier molecular flexibility index (Phi) is 4.56. The van der Waals surface area contributed by atoms with Gasteiger partial charge in [0.05, 0.1) is 11.1 Å². The third kappa shape index (κ3) is 3.55. The summed E-state index contributed by atoms with van der Waals surface area (Å²) in [4.78, 5) is 3.88. The summed E-state index contributed by atoms with van der Waals surface area (Å²) in [5, 5.41) is 10.2. The standard InChI is InChI=1S/C9H12ClNOS/c1-13-6-8(12)4-7-2-3-11-5-9(7)10/h2-3,5,8,12H,4,6H2,1H3. The van der Waals surface area contributed by atoms with Gasteiger partial charge >= 0.3 is 0 Å². The number of aliphatic hydroxyl groups excluding tert-OH is 1. The summed E-state index contributed by atoms with van der Waals surface area (Å²) >= 11 is 7.51. The van der Waals surface area contributed by atoms with Gasteiger partial charge in [0.1, 0.15) is 0 Å². The molecule has 0 bridgehead atoms. The zero-order valence-corrected chi connectivity index (χ0v) is 8.98. The minimum atomic E-state index is -0.324. The molecule has 0 saturated heterocycles. The second kappa shape index (κ2) is 5.47. The van der Waals surface area contributed by atoms with Crippen molar-refractivity contribution in [2.45, 2.75) is 12.5 Å². The Balaban J connectivity index is 2.58. The van der Waals surface area contributed by atoms with Crippen molar-refractivity contribution in [3.63, 3.8) is 0 Å². The number of rotatable bonds is 4. The van der Waals surface area contributed by atoms with Gasteiger partial charge in [0.25, 0.3) is 0 Å². The number of hydrogen-bond acceptors (Lipinski definition) is 3. The smallest absolute Gasteiger partial charge is 0.0671 e. The molecule has 1 atom stereocenters. The molecular weight excluding hydrogens is 206 g/mol. The largest absolute Gasteiger partial charge is 0.392 e. The second-order valence-corrected chi connectivity index (χ2v) is 4.10. The maximum Gasteiger partial charge on any atom is 0.0671 e. The molecule has 0 radical (unpaired) electrons. The van der Waals surface area contributed by atoms with Gasteiger partial charge in [-0.05, 0) is 17.9 Å². The van der Waals surface area contributed by atoms with Gasteiger partial charge in [-0.2, -0.15) is 11.8 Å². The topological polar surface area (TPSA) is 33.1 Å². The maximum atomic E-state index is 9.53. The molecule has 1 heterocycles. The van der Waals surface area contributed by atoms with Crippen LogP contribution in [0.25, 0.3) is 0 Å². The summed E-state index contributed by atoms with van der Waals surface area (Å²) in [7, 11) is 0. The molecular formula is C9H12ClNOS. The molecule has 72 valence electrons. The molecule has 0 amide bonds. The quantitative estimate of drug-likeness (QED) is 0.838. The summed E-state index contributed by atoms with van der Waals surface area (Å²) in [5.74, 6) is 0.735. The van der Waals surface area contributed by atoms with E-state index in [1.807, 2.05) is 12.3 Å². The van der Waals surface area contributed by atoms with Gasteiger partial charge in [-0.3, -0.25) is 4.98 Å². The van der Waals surface area contributed by atoms with Crippen LogP contribution in [-0.4, -0.2) is 28.2 Å². The first-order valence-corrected chi connectivity index (χ1v) is 5.76. The minimum absolute atomic E-state index is 0.324. The monoisotopic (exact) mass is 217 g/mol. The van der Waals surface area contributed by atoms with Crippen LogP contribution in [0.3, 0.4) is 0 Å². The Morgan fingerprint density at radius 2 is 2.46 bits per heavy atom. The molecule has 4 heteroatoms. The summed E-state index contributed by atoms with van der Waals surface area (Å²) in [5.41, 5.74) is 0.957. The molecule has 0 aliphatic carbocycles. The average molecular weight is 218 g/mol. The van der Waals surface area contributed by atoms with Crippen LogP contribution in [-0.2, 0) is 6.42 Å². The summed E-state index contributed by atoms with van der Waals surface area (Å²) in [6, 6.07) is 1.84. The van der Waals surface area contributed by atoms with E-state index in [1.54, 1.807) is 24.2 Å². The van der Waals surface area contributed by atoms with E-state index in [-0.39, 0.29) is 6.10 Å². The SMILES string of the molecule is CSCC(O)Cc1ccncc1Cl. The molecule has 1 unspecified atom stereocenters. The van der Waals surface area contributed by atoms with Crippen molar-refractivity contribution < 1.29 is 5.11 Å². The van der Waals surface area contributed by atoms with Gasteiger partial charge in [0.15, 0.2) is 0 Å². The average Bonchev–Trinajstić information content (AvgIpc) is 2.09. The van der Waals surface area contributed by atoms with Gasteiger partial charge in [0.2, 0.25) is 0 Å². The molecule has 1 N–H and O–H groups in total. The van der Waals surface area contributed by atoms with E-state index in [1.165, 1.54) is 0 Å². The van der Waals surface area contributed by atoms with Crippen LogP contribution in [0, 0.1) is 0 Å². The van der Waals surface area contributed by atoms with E-state index < -0.39 is 0 Å². The highest BCUT2D eigenvalue weighted by atomic mass is 35.5. The van der Waals surface area contributed by atoms with Crippen LogP contribution < -0.4 is 0 Å². The van der Waals surface area contributed by atoms with Crippen LogP contribution in [0.5, 0.6) is 0 Å². The molecule has 0 aromatic carbocycles. The molecule has 1 rings (SSSR count). The summed E-state index contributed by atoms with van der Waals surface area (Å²) < 4.78 is 0. The van der Waals surface area contributed by atoms with Gasteiger partial charge < -0.3 is 5.11 Å². The second-order valence-electron chi connectivity index (χ2n) is 2.78. The Morgan fingerprint density at radius 1 is 1.69 bits per heavy atom. The third-order valence-corrected chi connectivity index (χ3v) is 2.73. The predicted molar refractivity (Wildman–Crippen MR) is 57.3 cm³/mol. The van der Waals surface area contributed by atoms with Gasteiger partial charge in [-0.15, -0.1) is 0 Å². The van der Waals surface area contributed by atoms with Gasteiger partial charge in [-0.25, -0.2) is 0 Å². The zero-order valence-electron chi connectivity index (χ0n) is 7.40. The Labute approximate surface area is 87.3 Å². The van der Waals surface area contributed by atoms with E-state index in [2.05, 4.69) is 4.98 Å². The normalized spacial score (nSPS) is 12.8. The Bertz CT molecular complexity index is 270. The lowest BCUT2D eigenvalue weighted by molar-refractivity contribution is 0.200. The van der Waals surface area contributed by atoms with Crippen LogP contribution in [0.1, 0.15) is 5.56 Å². The van der Waals surface area contributed by atoms with Gasteiger partial charge in [0, 0.05) is 24.6 Å². The molecule has 2 nitrogen and oxygen atoms in total. The number of thioether (sulfide) groups is 1. The molecule has 1 aromatic rings. The lowest BCUT2D eigenvalue weighted by Gasteiger charge is -2.09. The first-order valence-electron chi connectivity index (χ1n) is 3.99. The van der Waals surface area contributed by atoms with Crippen LogP contribution in [0.15, 0.2) is 18.5 Å². The first-order chi connectivity index (χ1) is 6.24. The lowest BCUT2D eigenvalue weighted by atomic mass is 10.1. The van der Waals surface area contributed by atoms with Crippen LogP contribution in [0.2, 0.25) is 5.02 Å². The van der Waals surface area contributed by atoms with E-state index in [9.17, 15) is 5.11 Å². The summed E-state index contributed by atoms with van der Waals surface area (Å²) in [6.45, 7) is 0. The highest BCUT2D eigenvalue weighted by Gasteiger charge is 2.07. The lowest BCUT2D eigenvalue weighted by Crippen LogP contribution is -2.13. The van der Waals surface area contributed by atoms with E-state index >= 15 is 0 Å². The highest BCUT2D eigenvalue weighted by molar-refractivity contribution is 7.98. The number of pyridine rings is 1. The van der Waals surface area contributed by atoms with Crippen molar-refractivity contribution in [3.8, 4) is 0 Å². The fourth-order valence-corrected chi connectivity index (χ4v) is 1.77. The molecule has 0 aliphatic heterocycles. The maximum absolute atomic E-state index is 9.53. The number of halogens is 1. The molecule has 13 heavy (non-hydrogen) atoms. The molecule has 0 spiro atoms. The fourth-order valence-electron chi connectivity index (χ4n) is 1.07. The molecule has 0 aliphatic rings. The first kappa shape index (κ1) is 10.8. The van der Waals surface area contributed by atoms with E-state index in [4.69, 9.17) is 11.6 Å². The van der Waals surface area contributed by atoms with E-state index in [0.717, 1.165) is 11.3 Å². The van der Waals surface area contributed by atoms with Crippen LogP contribution in [0.4, 0.5) is 0 Å². The van der Waals surface area contributed by atoms with Crippen molar-refractivity contribution in [2.75, 3.05) is 12.0 Å². The number of nitrogens with zero attached hydrogens (tertiary/aromatic N) is 1. The van der Waals surface area contributed by atoms with Gasteiger partial charge in [-0.1, -0.05) is 11.6 Å². The molecule has 0 saturated carbocycles. The minimum Gasteiger partial charge on any atom is -0.392 e. The van der Waals surface area contributed by atoms with Crippen molar-refractivity contribution in [1.29, 1.82) is 0 Å². The van der Waals surface area contributed by atoms with Crippen molar-refractivity contribution >= 4 is 23.4 Å². The summed E-state index contributed by atoms with van der Waals surface area (Å²) in [6.07, 6.45) is 5.53.